The maximum atomic E-state index is 12.6. The first kappa shape index (κ1) is 15.3. The number of esters is 1. The van der Waals surface area contributed by atoms with Crippen molar-refractivity contribution in [3.8, 4) is 0 Å². The lowest BCUT2D eigenvalue weighted by Gasteiger charge is -2.47. The van der Waals surface area contributed by atoms with E-state index in [1.54, 1.807) is 0 Å². The van der Waals surface area contributed by atoms with Crippen LogP contribution in [-0.4, -0.2) is 18.5 Å². The van der Waals surface area contributed by atoms with Crippen LogP contribution in [0.25, 0.3) is 0 Å². The Bertz CT molecular complexity index is 684. The Hall–Kier alpha value is -2.62. The number of nitrogens with zero attached hydrogens (tertiary/aromatic N) is 1. The second-order valence-corrected chi connectivity index (χ2v) is 5.63. The van der Waals surface area contributed by atoms with Gasteiger partial charge < -0.3 is 9.64 Å². The number of β-lactam (4-membered cyclic amide) rings is 1. The van der Waals surface area contributed by atoms with Gasteiger partial charge in [0.25, 0.3) is 0 Å². The minimum atomic E-state index is -0.312. The van der Waals surface area contributed by atoms with Crippen molar-refractivity contribution in [2.45, 2.75) is 19.4 Å². The predicted molar refractivity (Wildman–Crippen MR) is 87.9 cm³/mol. The second kappa shape index (κ2) is 6.65. The van der Waals surface area contributed by atoms with Gasteiger partial charge in [-0.1, -0.05) is 48.5 Å². The summed E-state index contributed by atoms with van der Waals surface area (Å²) in [5.74, 6) is -0.387. The fourth-order valence-electron chi connectivity index (χ4n) is 3.07. The van der Waals surface area contributed by atoms with Gasteiger partial charge in [0.15, 0.2) is 0 Å². The van der Waals surface area contributed by atoms with E-state index in [9.17, 15) is 9.59 Å². The number of anilines is 1. The summed E-state index contributed by atoms with van der Waals surface area (Å²) in [7, 11) is 0. The van der Waals surface area contributed by atoms with Crippen molar-refractivity contribution in [3.63, 3.8) is 0 Å². The maximum absolute atomic E-state index is 12.6. The standard InChI is InChI=1S/C19H19NO3/c1-14(21)23-13-12-17-18(15-8-4-2-5-9-15)20(19(17)22)16-10-6-3-7-11-16/h2-11,17-18H,12-13H2,1H3/t17-,18+/m0/s1. The molecule has 0 unspecified atom stereocenters. The van der Waals surface area contributed by atoms with Crippen molar-refractivity contribution in [3.05, 3.63) is 66.2 Å². The van der Waals surface area contributed by atoms with E-state index in [4.69, 9.17) is 4.74 Å². The van der Waals surface area contributed by atoms with Gasteiger partial charge in [0.2, 0.25) is 5.91 Å². The van der Waals surface area contributed by atoms with Crippen molar-refractivity contribution in [1.82, 2.24) is 0 Å². The smallest absolute Gasteiger partial charge is 0.302 e. The highest BCUT2D eigenvalue weighted by molar-refractivity contribution is 6.03. The van der Waals surface area contributed by atoms with Crippen molar-refractivity contribution in [1.29, 1.82) is 0 Å². The molecule has 2 atom stereocenters. The van der Waals surface area contributed by atoms with Gasteiger partial charge in [0, 0.05) is 12.6 Å². The molecule has 2 aromatic carbocycles. The van der Waals surface area contributed by atoms with E-state index in [0.29, 0.717) is 6.42 Å². The minimum absolute atomic E-state index is 0.0124. The fourth-order valence-corrected chi connectivity index (χ4v) is 3.07. The summed E-state index contributed by atoms with van der Waals surface area (Å²) >= 11 is 0. The number of amides is 1. The summed E-state index contributed by atoms with van der Waals surface area (Å²) in [5, 5.41) is 0. The highest BCUT2D eigenvalue weighted by Gasteiger charge is 2.48. The summed E-state index contributed by atoms with van der Waals surface area (Å²) < 4.78 is 5.01. The number of ether oxygens (including phenoxy) is 1. The van der Waals surface area contributed by atoms with Gasteiger partial charge in [-0.2, -0.15) is 0 Å². The predicted octanol–water partition coefficient (Wildman–Crippen LogP) is 3.34. The highest BCUT2D eigenvalue weighted by Crippen LogP contribution is 2.44. The first-order valence-corrected chi connectivity index (χ1v) is 7.75. The molecule has 1 saturated heterocycles. The average molecular weight is 309 g/mol. The Morgan fingerprint density at radius 3 is 2.26 bits per heavy atom. The molecule has 2 aromatic rings. The molecule has 118 valence electrons. The Morgan fingerprint density at radius 1 is 1.04 bits per heavy atom. The number of para-hydroxylation sites is 1. The zero-order valence-corrected chi connectivity index (χ0v) is 13.0. The van der Waals surface area contributed by atoms with Crippen LogP contribution in [0.15, 0.2) is 60.7 Å². The van der Waals surface area contributed by atoms with Gasteiger partial charge in [-0.3, -0.25) is 9.59 Å². The third-order valence-electron chi connectivity index (χ3n) is 4.12. The largest absolute Gasteiger partial charge is 0.466 e. The van der Waals surface area contributed by atoms with Gasteiger partial charge in [0.05, 0.1) is 18.6 Å². The summed E-state index contributed by atoms with van der Waals surface area (Å²) in [6.45, 7) is 1.66. The van der Waals surface area contributed by atoms with Crippen LogP contribution < -0.4 is 4.90 Å². The van der Waals surface area contributed by atoms with E-state index in [1.165, 1.54) is 6.92 Å². The van der Waals surface area contributed by atoms with Gasteiger partial charge in [-0.15, -0.1) is 0 Å². The van der Waals surface area contributed by atoms with Gasteiger partial charge in [-0.05, 0) is 24.1 Å². The second-order valence-electron chi connectivity index (χ2n) is 5.63. The monoisotopic (exact) mass is 309 g/mol. The van der Waals surface area contributed by atoms with Crippen LogP contribution in [-0.2, 0) is 14.3 Å². The minimum Gasteiger partial charge on any atom is -0.466 e. The van der Waals surface area contributed by atoms with Gasteiger partial charge in [-0.25, -0.2) is 0 Å². The molecule has 4 heteroatoms. The quantitative estimate of drug-likeness (QED) is 0.628. The number of rotatable bonds is 5. The Kier molecular flexibility index (Phi) is 4.42. The average Bonchev–Trinajstić information content (AvgIpc) is 2.57. The molecule has 23 heavy (non-hydrogen) atoms. The Labute approximate surface area is 135 Å². The van der Waals surface area contributed by atoms with Crippen LogP contribution in [0.1, 0.15) is 24.9 Å². The van der Waals surface area contributed by atoms with Crippen molar-refractivity contribution in [2.24, 2.45) is 5.92 Å². The van der Waals surface area contributed by atoms with E-state index in [0.717, 1.165) is 11.3 Å². The summed E-state index contributed by atoms with van der Waals surface area (Å²) in [4.78, 5) is 25.4. The lowest BCUT2D eigenvalue weighted by molar-refractivity contribution is -0.143. The third-order valence-corrected chi connectivity index (χ3v) is 4.12. The molecule has 1 aliphatic rings. The van der Waals surface area contributed by atoms with Gasteiger partial charge >= 0.3 is 5.97 Å². The van der Waals surface area contributed by atoms with E-state index < -0.39 is 0 Å². The van der Waals surface area contributed by atoms with Crippen LogP contribution in [0, 0.1) is 5.92 Å². The molecular weight excluding hydrogens is 290 g/mol. The third kappa shape index (κ3) is 3.11. The SMILES string of the molecule is CC(=O)OCC[C@@H]1C(=O)N(c2ccccc2)[C@@H]1c1ccccc1. The zero-order chi connectivity index (χ0) is 16.2. The molecule has 3 rings (SSSR count). The molecule has 0 saturated carbocycles. The fraction of sp³-hybridized carbons (Fsp3) is 0.263. The van der Waals surface area contributed by atoms with Crippen molar-refractivity contribution < 1.29 is 14.3 Å². The van der Waals surface area contributed by atoms with Crippen molar-refractivity contribution >= 4 is 17.6 Å². The lowest BCUT2D eigenvalue weighted by atomic mass is 9.80. The zero-order valence-electron chi connectivity index (χ0n) is 13.0. The molecule has 1 aliphatic heterocycles. The first-order valence-electron chi connectivity index (χ1n) is 7.75. The number of carbonyl (C=O) groups is 2. The molecule has 4 nitrogen and oxygen atoms in total. The number of hydrogen-bond donors (Lipinski definition) is 0. The maximum Gasteiger partial charge on any atom is 0.302 e. The summed E-state index contributed by atoms with van der Waals surface area (Å²) in [6.07, 6.45) is 0.543. The number of benzene rings is 2. The Morgan fingerprint density at radius 2 is 1.65 bits per heavy atom. The number of carbonyl (C=O) groups excluding carboxylic acids is 2. The summed E-state index contributed by atoms with van der Waals surface area (Å²) in [5.41, 5.74) is 2.00. The normalized spacial score (nSPS) is 20.0. The molecule has 0 spiro atoms. The number of hydrogen-bond acceptors (Lipinski definition) is 3. The first-order chi connectivity index (χ1) is 11.2. The Balaban J connectivity index is 1.83. The molecule has 0 aliphatic carbocycles. The van der Waals surface area contributed by atoms with Gasteiger partial charge in [0.1, 0.15) is 0 Å². The highest BCUT2D eigenvalue weighted by atomic mass is 16.5. The molecule has 0 bridgehead atoms. The molecule has 1 amide bonds. The van der Waals surface area contributed by atoms with Crippen LogP contribution in [0.5, 0.6) is 0 Å². The molecule has 1 fully saturated rings. The topological polar surface area (TPSA) is 46.6 Å². The van der Waals surface area contributed by atoms with Crippen molar-refractivity contribution in [2.75, 3.05) is 11.5 Å². The molecular formula is C19H19NO3. The summed E-state index contributed by atoms with van der Waals surface area (Å²) in [6, 6.07) is 19.6. The molecule has 1 heterocycles. The van der Waals surface area contributed by atoms with E-state index >= 15 is 0 Å². The van der Waals surface area contributed by atoms with Crippen LogP contribution in [0.2, 0.25) is 0 Å². The molecule has 0 aromatic heterocycles. The molecule has 0 radical (unpaired) electrons. The molecule has 0 N–H and O–H groups in total. The van der Waals surface area contributed by atoms with E-state index in [2.05, 4.69) is 0 Å². The van der Waals surface area contributed by atoms with E-state index in [-0.39, 0.29) is 30.4 Å². The van der Waals surface area contributed by atoms with Crippen LogP contribution in [0.4, 0.5) is 5.69 Å². The van der Waals surface area contributed by atoms with Crippen LogP contribution in [0.3, 0.4) is 0 Å². The van der Waals surface area contributed by atoms with Crippen LogP contribution >= 0.6 is 0 Å². The van der Waals surface area contributed by atoms with E-state index in [1.807, 2.05) is 65.6 Å². The lowest BCUT2D eigenvalue weighted by Crippen LogP contribution is -2.55.